The SMILES string of the molecule is CCCc1nc(C)c(S(=O)(=O)O)s1. The molecule has 0 radical (unpaired) electrons. The average molecular weight is 221 g/mol. The fourth-order valence-electron chi connectivity index (χ4n) is 0.996. The Labute approximate surface area is 81.4 Å². The van der Waals surface area contributed by atoms with Gasteiger partial charge in [-0.3, -0.25) is 4.55 Å². The molecule has 1 aromatic heterocycles. The minimum absolute atomic E-state index is 0.0315. The number of aromatic nitrogens is 1. The number of thiazole rings is 1. The molecule has 1 rings (SSSR count). The fourth-order valence-corrected chi connectivity index (χ4v) is 3.02. The van der Waals surface area contributed by atoms with Crippen LogP contribution in [0.3, 0.4) is 0 Å². The first-order valence-electron chi connectivity index (χ1n) is 3.89. The largest absolute Gasteiger partial charge is 0.305 e. The van der Waals surface area contributed by atoms with Crippen LogP contribution in [0.4, 0.5) is 0 Å². The first-order valence-corrected chi connectivity index (χ1v) is 6.14. The minimum atomic E-state index is -4.07. The lowest BCUT2D eigenvalue weighted by atomic mass is 10.3. The standard InChI is InChI=1S/C7H11NO3S2/c1-3-4-6-8-5(2)7(12-6)13(9,10)11/h3-4H2,1-2H3,(H,9,10,11). The van der Waals surface area contributed by atoms with Crippen molar-refractivity contribution in [3.05, 3.63) is 10.7 Å². The summed E-state index contributed by atoms with van der Waals surface area (Å²) < 4.78 is 30.4. The van der Waals surface area contributed by atoms with E-state index in [4.69, 9.17) is 4.55 Å². The van der Waals surface area contributed by atoms with Gasteiger partial charge in [0.2, 0.25) is 0 Å². The molecule has 0 aliphatic carbocycles. The topological polar surface area (TPSA) is 67.3 Å². The lowest BCUT2D eigenvalue weighted by Crippen LogP contribution is -1.96. The second-order valence-electron chi connectivity index (χ2n) is 2.71. The van der Waals surface area contributed by atoms with Gasteiger partial charge in [0.15, 0.2) is 4.21 Å². The van der Waals surface area contributed by atoms with E-state index in [-0.39, 0.29) is 4.21 Å². The van der Waals surface area contributed by atoms with Gasteiger partial charge in [0, 0.05) is 0 Å². The van der Waals surface area contributed by atoms with Crippen LogP contribution in [0.1, 0.15) is 24.0 Å². The highest BCUT2D eigenvalue weighted by molar-refractivity contribution is 7.88. The summed E-state index contributed by atoms with van der Waals surface area (Å²) in [6.45, 7) is 3.57. The number of nitrogens with zero attached hydrogens (tertiary/aromatic N) is 1. The lowest BCUT2D eigenvalue weighted by Gasteiger charge is -1.89. The molecular weight excluding hydrogens is 210 g/mol. The molecule has 0 aliphatic heterocycles. The molecule has 0 bridgehead atoms. The van der Waals surface area contributed by atoms with Crippen LogP contribution in [0.5, 0.6) is 0 Å². The van der Waals surface area contributed by atoms with E-state index in [9.17, 15) is 8.42 Å². The molecule has 0 saturated carbocycles. The third-order valence-corrected chi connectivity index (χ3v) is 4.15. The maximum atomic E-state index is 10.8. The molecule has 0 fully saturated rings. The second-order valence-corrected chi connectivity index (χ2v) is 5.41. The van der Waals surface area contributed by atoms with Gasteiger partial charge >= 0.3 is 10.1 Å². The van der Waals surface area contributed by atoms with Crippen LogP contribution < -0.4 is 0 Å². The van der Waals surface area contributed by atoms with Gasteiger partial charge in [-0.25, -0.2) is 4.98 Å². The van der Waals surface area contributed by atoms with E-state index in [2.05, 4.69) is 4.98 Å². The van der Waals surface area contributed by atoms with Crippen LogP contribution in [0, 0.1) is 6.92 Å². The number of hydrogen-bond acceptors (Lipinski definition) is 4. The molecule has 1 heterocycles. The monoisotopic (exact) mass is 221 g/mol. The van der Waals surface area contributed by atoms with Crippen molar-refractivity contribution in [2.24, 2.45) is 0 Å². The maximum Gasteiger partial charge on any atom is 0.305 e. The third-order valence-electron chi connectivity index (χ3n) is 1.50. The number of rotatable bonds is 3. The highest BCUT2D eigenvalue weighted by Crippen LogP contribution is 2.23. The minimum Gasteiger partial charge on any atom is -0.281 e. The molecule has 0 aromatic carbocycles. The molecule has 0 aliphatic rings. The quantitative estimate of drug-likeness (QED) is 0.788. The summed E-state index contributed by atoms with van der Waals surface area (Å²) in [6, 6.07) is 0. The number of aryl methyl sites for hydroxylation is 2. The van der Waals surface area contributed by atoms with E-state index in [1.165, 1.54) is 0 Å². The molecule has 0 atom stereocenters. The summed E-state index contributed by atoms with van der Waals surface area (Å²) in [5, 5.41) is 0.757. The van der Waals surface area contributed by atoms with Gasteiger partial charge in [-0.2, -0.15) is 8.42 Å². The predicted octanol–water partition coefficient (Wildman–Crippen LogP) is 1.65. The summed E-state index contributed by atoms with van der Waals surface area (Å²) in [4.78, 5) is 4.05. The first-order chi connectivity index (χ1) is 5.95. The Balaban J connectivity index is 3.11. The van der Waals surface area contributed by atoms with Gasteiger partial charge in [-0.15, -0.1) is 11.3 Å². The zero-order valence-electron chi connectivity index (χ0n) is 7.44. The molecule has 74 valence electrons. The van der Waals surface area contributed by atoms with E-state index in [0.29, 0.717) is 5.69 Å². The van der Waals surface area contributed by atoms with E-state index >= 15 is 0 Å². The summed E-state index contributed by atoms with van der Waals surface area (Å²) in [7, 11) is -4.07. The Kier molecular flexibility index (Phi) is 3.05. The van der Waals surface area contributed by atoms with Gasteiger partial charge in [-0.1, -0.05) is 6.92 Å². The first kappa shape index (κ1) is 10.6. The highest BCUT2D eigenvalue weighted by atomic mass is 32.3. The highest BCUT2D eigenvalue weighted by Gasteiger charge is 2.18. The van der Waals surface area contributed by atoms with Crippen molar-refractivity contribution in [3.63, 3.8) is 0 Å². The van der Waals surface area contributed by atoms with Crippen LogP contribution in [-0.2, 0) is 16.5 Å². The number of hydrogen-bond donors (Lipinski definition) is 1. The van der Waals surface area contributed by atoms with Crippen LogP contribution >= 0.6 is 11.3 Å². The molecule has 1 N–H and O–H groups in total. The zero-order valence-corrected chi connectivity index (χ0v) is 9.07. The smallest absolute Gasteiger partial charge is 0.281 e. The van der Waals surface area contributed by atoms with Crippen LogP contribution in [0.15, 0.2) is 4.21 Å². The molecule has 0 spiro atoms. The zero-order chi connectivity index (χ0) is 10.1. The predicted molar refractivity (Wildman–Crippen MR) is 50.7 cm³/mol. The molecular formula is C7H11NO3S2. The van der Waals surface area contributed by atoms with E-state index in [0.717, 1.165) is 29.2 Å². The molecule has 0 amide bonds. The summed E-state index contributed by atoms with van der Waals surface area (Å²) in [5.74, 6) is 0. The van der Waals surface area contributed by atoms with Crippen LogP contribution in [0.25, 0.3) is 0 Å². The molecule has 6 heteroatoms. The Morgan fingerprint density at radius 3 is 2.54 bits per heavy atom. The summed E-state index contributed by atoms with van der Waals surface area (Å²) in [6.07, 6.45) is 1.67. The van der Waals surface area contributed by atoms with Crippen molar-refractivity contribution in [1.82, 2.24) is 4.98 Å². The van der Waals surface area contributed by atoms with Crippen molar-refractivity contribution in [2.75, 3.05) is 0 Å². The van der Waals surface area contributed by atoms with Crippen LogP contribution in [0.2, 0.25) is 0 Å². The van der Waals surface area contributed by atoms with E-state index in [1.54, 1.807) is 6.92 Å². The Bertz CT molecular complexity index is 394. The Morgan fingerprint density at radius 1 is 1.54 bits per heavy atom. The van der Waals surface area contributed by atoms with Gasteiger partial charge in [0.1, 0.15) is 0 Å². The fraction of sp³-hybridized carbons (Fsp3) is 0.571. The van der Waals surface area contributed by atoms with Crippen LogP contribution in [-0.4, -0.2) is 18.0 Å². The van der Waals surface area contributed by atoms with Crippen molar-refractivity contribution in [3.8, 4) is 0 Å². The van der Waals surface area contributed by atoms with Crippen molar-refractivity contribution < 1.29 is 13.0 Å². The van der Waals surface area contributed by atoms with Crippen molar-refractivity contribution >= 4 is 21.5 Å². The van der Waals surface area contributed by atoms with Crippen molar-refractivity contribution in [2.45, 2.75) is 30.9 Å². The molecule has 1 aromatic rings. The third kappa shape index (κ3) is 2.49. The van der Waals surface area contributed by atoms with Gasteiger partial charge in [0.25, 0.3) is 0 Å². The molecule has 13 heavy (non-hydrogen) atoms. The van der Waals surface area contributed by atoms with Crippen molar-refractivity contribution in [1.29, 1.82) is 0 Å². The summed E-state index contributed by atoms with van der Waals surface area (Å²) in [5.41, 5.74) is 0.385. The van der Waals surface area contributed by atoms with Gasteiger partial charge < -0.3 is 0 Å². The van der Waals surface area contributed by atoms with Gasteiger partial charge in [0.05, 0.1) is 10.7 Å². The Hall–Kier alpha value is -0.460. The molecule has 4 nitrogen and oxygen atoms in total. The van der Waals surface area contributed by atoms with E-state index in [1.807, 2.05) is 6.92 Å². The molecule has 0 saturated heterocycles. The normalized spacial score (nSPS) is 11.9. The Morgan fingerprint density at radius 2 is 2.15 bits per heavy atom. The van der Waals surface area contributed by atoms with E-state index < -0.39 is 10.1 Å². The second kappa shape index (κ2) is 3.73. The lowest BCUT2D eigenvalue weighted by molar-refractivity contribution is 0.485. The summed E-state index contributed by atoms with van der Waals surface area (Å²) >= 11 is 1.04. The van der Waals surface area contributed by atoms with Gasteiger partial charge in [-0.05, 0) is 19.8 Å². The molecule has 0 unspecified atom stereocenters. The average Bonchev–Trinajstić information content (AvgIpc) is 2.30. The maximum absolute atomic E-state index is 10.8.